The van der Waals surface area contributed by atoms with Gasteiger partial charge in [-0.2, -0.15) is 0 Å². The van der Waals surface area contributed by atoms with Crippen molar-refractivity contribution < 1.29 is 9.53 Å². The minimum Gasteiger partial charge on any atom is -0.384 e. The van der Waals surface area contributed by atoms with Crippen molar-refractivity contribution in [2.75, 3.05) is 20.3 Å². The van der Waals surface area contributed by atoms with Gasteiger partial charge in [-0.1, -0.05) is 0 Å². The Morgan fingerprint density at radius 2 is 2.37 bits per heavy atom. The summed E-state index contributed by atoms with van der Waals surface area (Å²) in [6.07, 6.45) is 6.47. The van der Waals surface area contributed by atoms with E-state index in [1.54, 1.807) is 13.3 Å². The molecular formula is C14H23N3O2. The second-order valence-corrected chi connectivity index (χ2v) is 5.64. The number of hydrogen-bond donors (Lipinski definition) is 1. The van der Waals surface area contributed by atoms with Gasteiger partial charge < -0.3 is 14.6 Å². The molecule has 0 saturated heterocycles. The number of carbonyl (C=O) groups excluding carboxylic acids is 1. The highest BCUT2D eigenvalue weighted by Gasteiger charge is 2.42. The van der Waals surface area contributed by atoms with Crippen molar-refractivity contribution >= 4 is 5.91 Å². The van der Waals surface area contributed by atoms with Crippen LogP contribution in [0.2, 0.25) is 0 Å². The van der Waals surface area contributed by atoms with Gasteiger partial charge in [-0.05, 0) is 26.7 Å². The molecule has 19 heavy (non-hydrogen) atoms. The maximum Gasteiger partial charge on any atom is 0.222 e. The van der Waals surface area contributed by atoms with E-state index in [0.717, 1.165) is 31.8 Å². The molecule has 0 unspecified atom stereocenters. The number of nitrogens with one attached hydrogen (secondary N) is 1. The minimum absolute atomic E-state index is 0.1000. The second-order valence-electron chi connectivity index (χ2n) is 5.64. The molecule has 1 amide bonds. The summed E-state index contributed by atoms with van der Waals surface area (Å²) in [6, 6.07) is 0.139. The van der Waals surface area contributed by atoms with Crippen LogP contribution in [0.1, 0.15) is 38.1 Å². The van der Waals surface area contributed by atoms with Crippen molar-refractivity contribution in [2.45, 2.75) is 39.2 Å². The fourth-order valence-electron chi connectivity index (χ4n) is 2.43. The van der Waals surface area contributed by atoms with E-state index in [0.29, 0.717) is 6.42 Å². The third kappa shape index (κ3) is 3.56. The number of imidazole rings is 1. The largest absolute Gasteiger partial charge is 0.384 e. The van der Waals surface area contributed by atoms with Crippen molar-refractivity contribution in [3.63, 3.8) is 0 Å². The molecule has 1 N–H and O–H groups in total. The Labute approximate surface area is 114 Å². The fraction of sp³-hybridized carbons (Fsp3) is 0.714. The molecule has 0 radical (unpaired) electrons. The van der Waals surface area contributed by atoms with Gasteiger partial charge in [0.1, 0.15) is 5.82 Å². The smallest absolute Gasteiger partial charge is 0.222 e. The van der Waals surface area contributed by atoms with Gasteiger partial charge in [0.25, 0.3) is 0 Å². The van der Waals surface area contributed by atoms with E-state index in [1.165, 1.54) is 0 Å². The number of nitrogens with zero attached hydrogens (tertiary/aromatic N) is 2. The SMILES string of the molecule is COCC1(CNC(=O)C[C@@H](C)n2ccnc2C)CC1. The zero-order chi connectivity index (χ0) is 13.9. The number of hydrogen-bond acceptors (Lipinski definition) is 3. The summed E-state index contributed by atoms with van der Waals surface area (Å²) >= 11 is 0. The third-order valence-corrected chi connectivity index (χ3v) is 3.89. The Morgan fingerprint density at radius 3 is 2.89 bits per heavy atom. The van der Waals surface area contributed by atoms with Gasteiger partial charge in [-0.15, -0.1) is 0 Å². The Bertz CT molecular complexity index is 438. The summed E-state index contributed by atoms with van der Waals surface area (Å²) in [4.78, 5) is 16.1. The van der Waals surface area contributed by atoms with Crippen molar-refractivity contribution in [1.82, 2.24) is 14.9 Å². The van der Waals surface area contributed by atoms with E-state index >= 15 is 0 Å². The lowest BCUT2D eigenvalue weighted by atomic mass is 10.1. The van der Waals surface area contributed by atoms with Crippen LogP contribution >= 0.6 is 0 Å². The summed E-state index contributed by atoms with van der Waals surface area (Å²) in [5, 5.41) is 3.03. The predicted molar refractivity (Wildman–Crippen MR) is 72.8 cm³/mol. The molecule has 0 bridgehead atoms. The average molecular weight is 265 g/mol. The second kappa shape index (κ2) is 5.74. The van der Waals surface area contributed by atoms with Crippen molar-refractivity contribution in [1.29, 1.82) is 0 Å². The maximum atomic E-state index is 12.0. The third-order valence-electron chi connectivity index (χ3n) is 3.89. The van der Waals surface area contributed by atoms with E-state index < -0.39 is 0 Å². The molecule has 1 aliphatic rings. The summed E-state index contributed by atoms with van der Waals surface area (Å²) in [6.45, 7) is 5.46. The van der Waals surface area contributed by atoms with Gasteiger partial charge in [0.05, 0.1) is 6.61 Å². The van der Waals surface area contributed by atoms with Crippen LogP contribution in [0.5, 0.6) is 0 Å². The Balaban J connectivity index is 1.77. The number of amides is 1. The molecule has 5 heteroatoms. The normalized spacial score (nSPS) is 18.1. The number of methoxy groups -OCH3 is 1. The molecule has 1 heterocycles. The predicted octanol–water partition coefficient (Wildman–Crippen LogP) is 1.69. The first-order valence-electron chi connectivity index (χ1n) is 6.81. The molecule has 1 atom stereocenters. The van der Waals surface area contributed by atoms with Crippen molar-refractivity contribution in [3.05, 3.63) is 18.2 Å². The Morgan fingerprint density at radius 1 is 1.63 bits per heavy atom. The molecule has 1 aromatic heterocycles. The number of aromatic nitrogens is 2. The van der Waals surface area contributed by atoms with Gasteiger partial charge >= 0.3 is 0 Å². The highest BCUT2D eigenvalue weighted by molar-refractivity contribution is 5.76. The lowest BCUT2D eigenvalue weighted by molar-refractivity contribution is -0.122. The van der Waals surface area contributed by atoms with E-state index in [-0.39, 0.29) is 17.4 Å². The molecule has 106 valence electrons. The summed E-state index contributed by atoms with van der Waals surface area (Å²) in [5.41, 5.74) is 0.207. The first-order valence-corrected chi connectivity index (χ1v) is 6.81. The molecule has 1 aliphatic carbocycles. The van der Waals surface area contributed by atoms with Crippen LogP contribution in [0.25, 0.3) is 0 Å². The fourth-order valence-corrected chi connectivity index (χ4v) is 2.43. The first kappa shape index (κ1) is 14.1. The molecule has 0 aromatic carbocycles. The molecule has 1 fully saturated rings. The number of ether oxygens (including phenoxy) is 1. The van der Waals surface area contributed by atoms with Gasteiger partial charge in [0.2, 0.25) is 5.91 Å². The van der Waals surface area contributed by atoms with Gasteiger partial charge in [-0.25, -0.2) is 4.98 Å². The van der Waals surface area contributed by atoms with Crippen LogP contribution in [0.15, 0.2) is 12.4 Å². The standard InChI is InChI=1S/C14H23N3O2/c1-11(17-7-6-15-12(17)2)8-13(18)16-9-14(4-5-14)10-19-3/h6-7,11H,4-5,8-10H2,1-3H3,(H,16,18)/t11-/m1/s1. The van der Waals surface area contributed by atoms with Crippen molar-refractivity contribution in [2.24, 2.45) is 5.41 Å². The summed E-state index contributed by atoms with van der Waals surface area (Å²) < 4.78 is 7.22. The van der Waals surface area contributed by atoms with E-state index in [2.05, 4.69) is 10.3 Å². The van der Waals surface area contributed by atoms with Crippen molar-refractivity contribution in [3.8, 4) is 0 Å². The number of rotatable bonds is 7. The molecule has 5 nitrogen and oxygen atoms in total. The summed E-state index contributed by atoms with van der Waals surface area (Å²) in [7, 11) is 1.71. The highest BCUT2D eigenvalue weighted by atomic mass is 16.5. The van der Waals surface area contributed by atoms with Crippen LogP contribution in [0, 0.1) is 12.3 Å². The lowest BCUT2D eigenvalue weighted by Crippen LogP contribution is -2.33. The zero-order valence-electron chi connectivity index (χ0n) is 12.0. The molecule has 0 spiro atoms. The van der Waals surface area contributed by atoms with Crippen LogP contribution < -0.4 is 5.32 Å². The quantitative estimate of drug-likeness (QED) is 0.816. The highest BCUT2D eigenvalue weighted by Crippen LogP contribution is 2.45. The monoisotopic (exact) mass is 265 g/mol. The van der Waals surface area contributed by atoms with E-state index in [1.807, 2.05) is 24.6 Å². The van der Waals surface area contributed by atoms with Crippen LogP contribution in [0.4, 0.5) is 0 Å². The molecule has 0 aliphatic heterocycles. The lowest BCUT2D eigenvalue weighted by Gasteiger charge is -2.17. The molecule has 1 saturated carbocycles. The van der Waals surface area contributed by atoms with E-state index in [9.17, 15) is 4.79 Å². The zero-order valence-corrected chi connectivity index (χ0v) is 12.0. The minimum atomic E-state index is 0.1000. The maximum absolute atomic E-state index is 12.0. The van der Waals surface area contributed by atoms with E-state index in [4.69, 9.17) is 4.74 Å². The van der Waals surface area contributed by atoms with Gasteiger partial charge in [-0.3, -0.25) is 4.79 Å². The van der Waals surface area contributed by atoms with Gasteiger partial charge in [0, 0.05) is 43.9 Å². The summed E-state index contributed by atoms with van der Waals surface area (Å²) in [5.74, 6) is 1.04. The Kier molecular flexibility index (Phi) is 4.24. The number of carbonyl (C=O) groups is 1. The Hall–Kier alpha value is -1.36. The molecule has 1 aromatic rings. The first-order chi connectivity index (χ1) is 9.06. The molecular weight excluding hydrogens is 242 g/mol. The van der Waals surface area contributed by atoms with Crippen LogP contribution in [0.3, 0.4) is 0 Å². The molecule has 2 rings (SSSR count). The van der Waals surface area contributed by atoms with Crippen LogP contribution in [-0.2, 0) is 9.53 Å². The number of aryl methyl sites for hydroxylation is 1. The average Bonchev–Trinajstić information content (AvgIpc) is 2.99. The van der Waals surface area contributed by atoms with Crippen LogP contribution in [-0.4, -0.2) is 35.7 Å². The topological polar surface area (TPSA) is 56.1 Å². The van der Waals surface area contributed by atoms with Gasteiger partial charge in [0.15, 0.2) is 0 Å².